The third-order valence-electron chi connectivity index (χ3n) is 2.09. The summed E-state index contributed by atoms with van der Waals surface area (Å²) in [6.07, 6.45) is 0. The van der Waals surface area contributed by atoms with Crippen molar-refractivity contribution in [3.8, 4) is 5.75 Å². The predicted molar refractivity (Wildman–Crippen MR) is 65.1 cm³/mol. The van der Waals surface area contributed by atoms with Crippen LogP contribution in [0.1, 0.15) is 5.69 Å². The molecule has 1 aromatic heterocycles. The molecule has 0 fully saturated rings. The molecule has 0 amide bonds. The van der Waals surface area contributed by atoms with E-state index in [0.717, 1.165) is 11.5 Å². The summed E-state index contributed by atoms with van der Waals surface area (Å²) in [6.45, 7) is 0.136. The van der Waals surface area contributed by atoms with Crippen LogP contribution in [0.3, 0.4) is 0 Å². The van der Waals surface area contributed by atoms with Crippen molar-refractivity contribution in [1.82, 2.24) is 9.59 Å². The van der Waals surface area contributed by atoms with Gasteiger partial charge in [0, 0.05) is 17.6 Å². The van der Waals surface area contributed by atoms with Crippen molar-refractivity contribution in [2.75, 3.05) is 5.43 Å². The van der Waals surface area contributed by atoms with Gasteiger partial charge in [-0.2, -0.15) is 0 Å². The van der Waals surface area contributed by atoms with Crippen molar-refractivity contribution < 1.29 is 9.66 Å². The Balaban J connectivity index is 2.06. The molecule has 0 saturated carbocycles. The lowest BCUT2D eigenvalue weighted by Gasteiger charge is -2.04. The zero-order valence-electron chi connectivity index (χ0n) is 9.07. The van der Waals surface area contributed by atoms with E-state index in [1.54, 1.807) is 12.1 Å². The van der Waals surface area contributed by atoms with Crippen LogP contribution < -0.4 is 16.0 Å². The standard InChI is InChI=1S/C9H9N5O3S/c10-11-9-8(12-13-18-9)5-17-7-3-1-2-6(4-7)14(15)16/h1-4,11H,5,10H2. The van der Waals surface area contributed by atoms with Crippen molar-refractivity contribution >= 4 is 22.2 Å². The average Bonchev–Trinajstić information content (AvgIpc) is 2.84. The summed E-state index contributed by atoms with van der Waals surface area (Å²) >= 11 is 1.11. The van der Waals surface area contributed by atoms with Crippen LogP contribution in [0.15, 0.2) is 24.3 Å². The number of rotatable bonds is 5. The molecule has 18 heavy (non-hydrogen) atoms. The number of ether oxygens (including phenoxy) is 1. The monoisotopic (exact) mass is 267 g/mol. The summed E-state index contributed by atoms with van der Waals surface area (Å²) in [5, 5.41) is 15.0. The number of nitro benzene ring substituents is 1. The van der Waals surface area contributed by atoms with E-state index in [1.807, 2.05) is 0 Å². The second kappa shape index (κ2) is 5.38. The summed E-state index contributed by atoms with van der Waals surface area (Å²) in [7, 11) is 0. The fraction of sp³-hybridized carbons (Fsp3) is 0.111. The van der Waals surface area contributed by atoms with Crippen LogP contribution in [0, 0.1) is 10.1 Å². The summed E-state index contributed by atoms with van der Waals surface area (Å²) in [5.74, 6) is 5.65. The van der Waals surface area contributed by atoms with Gasteiger partial charge in [-0.15, -0.1) is 5.10 Å². The first-order chi connectivity index (χ1) is 8.70. The van der Waals surface area contributed by atoms with Gasteiger partial charge in [0.1, 0.15) is 18.1 Å². The molecule has 0 aliphatic heterocycles. The summed E-state index contributed by atoms with van der Waals surface area (Å²) in [5.41, 5.74) is 2.97. The summed E-state index contributed by atoms with van der Waals surface area (Å²) < 4.78 is 9.10. The quantitative estimate of drug-likeness (QED) is 0.476. The zero-order chi connectivity index (χ0) is 13.0. The molecule has 0 saturated heterocycles. The molecule has 0 unspecified atom stereocenters. The summed E-state index contributed by atoms with van der Waals surface area (Å²) in [6, 6.07) is 5.91. The lowest BCUT2D eigenvalue weighted by molar-refractivity contribution is -0.384. The Morgan fingerprint density at radius 3 is 3.11 bits per heavy atom. The Labute approximate surface area is 106 Å². The highest BCUT2D eigenvalue weighted by Gasteiger charge is 2.09. The number of hydrogen-bond donors (Lipinski definition) is 2. The molecule has 8 nitrogen and oxygen atoms in total. The van der Waals surface area contributed by atoms with Gasteiger partial charge < -0.3 is 10.2 Å². The van der Waals surface area contributed by atoms with Crippen molar-refractivity contribution in [2.24, 2.45) is 5.84 Å². The van der Waals surface area contributed by atoms with Crippen molar-refractivity contribution in [2.45, 2.75) is 6.61 Å². The van der Waals surface area contributed by atoms with Crippen molar-refractivity contribution in [3.63, 3.8) is 0 Å². The second-order valence-electron chi connectivity index (χ2n) is 3.24. The normalized spacial score (nSPS) is 10.1. The van der Waals surface area contributed by atoms with Gasteiger partial charge in [0.25, 0.3) is 5.69 Å². The fourth-order valence-corrected chi connectivity index (χ4v) is 1.73. The third kappa shape index (κ3) is 2.70. The van der Waals surface area contributed by atoms with Crippen molar-refractivity contribution in [1.29, 1.82) is 0 Å². The van der Waals surface area contributed by atoms with Gasteiger partial charge in [0.2, 0.25) is 0 Å². The topological polar surface area (TPSA) is 116 Å². The Hall–Kier alpha value is -2.26. The fourth-order valence-electron chi connectivity index (χ4n) is 1.25. The average molecular weight is 267 g/mol. The summed E-state index contributed by atoms with van der Waals surface area (Å²) in [4.78, 5) is 10.1. The van der Waals surface area contributed by atoms with E-state index in [4.69, 9.17) is 10.6 Å². The first kappa shape index (κ1) is 12.2. The van der Waals surface area contributed by atoms with Gasteiger partial charge in [-0.05, 0) is 6.07 Å². The van der Waals surface area contributed by atoms with E-state index < -0.39 is 4.92 Å². The van der Waals surface area contributed by atoms with Gasteiger partial charge in [0.15, 0.2) is 5.00 Å². The second-order valence-corrected chi connectivity index (χ2v) is 3.99. The minimum Gasteiger partial charge on any atom is -0.487 e. The Bertz CT molecular complexity index is 559. The number of aromatic nitrogens is 2. The number of nitrogens with zero attached hydrogens (tertiary/aromatic N) is 3. The molecule has 9 heteroatoms. The zero-order valence-corrected chi connectivity index (χ0v) is 9.88. The maximum atomic E-state index is 10.6. The molecule has 0 radical (unpaired) electrons. The predicted octanol–water partition coefficient (Wildman–Crippen LogP) is 1.31. The van der Waals surface area contributed by atoms with Crippen LogP contribution in [0.4, 0.5) is 10.7 Å². The molecule has 3 N–H and O–H groups in total. The first-order valence-corrected chi connectivity index (χ1v) is 5.63. The number of non-ortho nitro benzene ring substituents is 1. The molecular weight excluding hydrogens is 258 g/mol. The van der Waals surface area contributed by atoms with Gasteiger partial charge in [0.05, 0.1) is 11.0 Å². The molecular formula is C9H9N5O3S. The molecule has 1 aromatic carbocycles. The molecule has 2 aromatic rings. The van der Waals surface area contributed by atoms with Crippen LogP contribution >= 0.6 is 11.5 Å². The molecule has 0 spiro atoms. The minimum atomic E-state index is -0.482. The number of nitro groups is 1. The van der Waals surface area contributed by atoms with Crippen LogP contribution in [0.2, 0.25) is 0 Å². The number of hydrazine groups is 1. The lowest BCUT2D eigenvalue weighted by atomic mass is 10.3. The van der Waals surface area contributed by atoms with E-state index in [2.05, 4.69) is 15.0 Å². The highest BCUT2D eigenvalue weighted by Crippen LogP contribution is 2.22. The maximum Gasteiger partial charge on any atom is 0.273 e. The van der Waals surface area contributed by atoms with E-state index in [1.165, 1.54) is 12.1 Å². The molecule has 2 rings (SSSR count). The minimum absolute atomic E-state index is 0.0268. The molecule has 0 bridgehead atoms. The highest BCUT2D eigenvalue weighted by molar-refractivity contribution is 7.10. The number of anilines is 1. The molecule has 94 valence electrons. The number of nitrogen functional groups attached to an aromatic ring is 1. The largest absolute Gasteiger partial charge is 0.487 e. The Kier molecular flexibility index (Phi) is 3.65. The number of hydrogen-bond acceptors (Lipinski definition) is 8. The molecule has 0 atom stereocenters. The number of nitrogens with one attached hydrogen (secondary N) is 1. The number of benzene rings is 1. The van der Waals surface area contributed by atoms with Gasteiger partial charge >= 0.3 is 0 Å². The Morgan fingerprint density at radius 2 is 2.39 bits per heavy atom. The maximum absolute atomic E-state index is 10.6. The SMILES string of the molecule is NNc1snnc1COc1cccc([N+](=O)[O-])c1. The van der Waals surface area contributed by atoms with Crippen molar-refractivity contribution in [3.05, 3.63) is 40.1 Å². The molecule has 0 aliphatic carbocycles. The third-order valence-corrected chi connectivity index (χ3v) is 2.79. The van der Waals surface area contributed by atoms with E-state index in [-0.39, 0.29) is 12.3 Å². The van der Waals surface area contributed by atoms with Gasteiger partial charge in [-0.3, -0.25) is 10.1 Å². The molecule has 0 aliphatic rings. The molecule has 1 heterocycles. The highest BCUT2D eigenvalue weighted by atomic mass is 32.1. The van der Waals surface area contributed by atoms with Crippen LogP contribution in [-0.4, -0.2) is 14.5 Å². The number of nitrogens with two attached hydrogens (primary N) is 1. The Morgan fingerprint density at radius 1 is 1.56 bits per heavy atom. The lowest BCUT2D eigenvalue weighted by Crippen LogP contribution is -2.08. The first-order valence-electron chi connectivity index (χ1n) is 4.86. The van der Waals surface area contributed by atoms with E-state index >= 15 is 0 Å². The smallest absolute Gasteiger partial charge is 0.273 e. The van der Waals surface area contributed by atoms with E-state index in [0.29, 0.717) is 16.4 Å². The van der Waals surface area contributed by atoms with Crippen LogP contribution in [0.5, 0.6) is 5.75 Å². The van der Waals surface area contributed by atoms with Crippen LogP contribution in [-0.2, 0) is 6.61 Å². The van der Waals surface area contributed by atoms with Gasteiger partial charge in [-0.25, -0.2) is 5.84 Å². The van der Waals surface area contributed by atoms with Gasteiger partial charge in [-0.1, -0.05) is 10.6 Å². The van der Waals surface area contributed by atoms with Crippen LogP contribution in [0.25, 0.3) is 0 Å². The van der Waals surface area contributed by atoms with E-state index in [9.17, 15) is 10.1 Å².